The Morgan fingerprint density at radius 3 is 2.38 bits per heavy atom. The highest BCUT2D eigenvalue weighted by Gasteiger charge is 2.12. The molecule has 1 N–H and O–H groups in total. The molecule has 2 heteroatoms. The van der Waals surface area contributed by atoms with Crippen molar-refractivity contribution < 1.29 is 4.74 Å². The Morgan fingerprint density at radius 1 is 1.10 bits per heavy atom. The number of rotatable bonds is 7. The summed E-state index contributed by atoms with van der Waals surface area (Å²) in [4.78, 5) is 0. The quantitative estimate of drug-likeness (QED) is 0.738. The van der Waals surface area contributed by atoms with E-state index in [2.05, 4.69) is 43.4 Å². The van der Waals surface area contributed by atoms with E-state index in [1.165, 1.54) is 49.7 Å². The fraction of sp³-hybridized carbons (Fsp3) is 0.684. The summed E-state index contributed by atoms with van der Waals surface area (Å²) in [5.74, 6) is 0.571. The van der Waals surface area contributed by atoms with Gasteiger partial charge in [0.25, 0.3) is 0 Å². The van der Waals surface area contributed by atoms with Crippen LogP contribution >= 0.6 is 0 Å². The molecule has 21 heavy (non-hydrogen) atoms. The number of hydrogen-bond acceptors (Lipinski definition) is 2. The molecule has 0 amide bonds. The molecule has 0 spiro atoms. The van der Waals surface area contributed by atoms with Crippen molar-refractivity contribution in [1.29, 1.82) is 0 Å². The van der Waals surface area contributed by atoms with Gasteiger partial charge in [0.05, 0.1) is 12.7 Å². The Hall–Kier alpha value is -0.860. The van der Waals surface area contributed by atoms with Crippen LogP contribution in [0.3, 0.4) is 0 Å². The van der Waals surface area contributed by atoms with Crippen LogP contribution in [0, 0.1) is 0 Å². The fourth-order valence-electron chi connectivity index (χ4n) is 3.04. The van der Waals surface area contributed by atoms with E-state index in [1.54, 1.807) is 0 Å². The van der Waals surface area contributed by atoms with Crippen LogP contribution in [0.4, 0.5) is 0 Å². The van der Waals surface area contributed by atoms with Gasteiger partial charge in [0.2, 0.25) is 0 Å². The van der Waals surface area contributed by atoms with E-state index >= 15 is 0 Å². The predicted octanol–water partition coefficient (Wildman–Crippen LogP) is 4.64. The maximum Gasteiger partial charge on any atom is 0.0720 e. The molecule has 1 saturated carbocycles. The van der Waals surface area contributed by atoms with E-state index in [1.807, 2.05) is 0 Å². The average molecular weight is 289 g/mol. The molecule has 1 aromatic carbocycles. The summed E-state index contributed by atoms with van der Waals surface area (Å²) >= 11 is 0. The number of likely N-dealkylation sites (N-methyl/N-ethyl adjacent to an activating group) is 1. The lowest BCUT2D eigenvalue weighted by atomic mass is 10.00. The molecule has 0 bridgehead atoms. The SMILES string of the molecule is CCNCC(C)c1ccc(COC2CCCCCC2)cc1. The van der Waals surface area contributed by atoms with E-state index in [-0.39, 0.29) is 0 Å². The van der Waals surface area contributed by atoms with Gasteiger partial charge in [-0.05, 0) is 36.4 Å². The normalized spacial score (nSPS) is 18.4. The Bertz CT molecular complexity index is 379. The molecule has 0 saturated heterocycles. The third kappa shape index (κ3) is 5.80. The monoisotopic (exact) mass is 289 g/mol. The van der Waals surface area contributed by atoms with Crippen molar-refractivity contribution in [3.63, 3.8) is 0 Å². The Kier molecular flexibility index (Phi) is 7.25. The standard InChI is InChI=1S/C19H31NO/c1-3-20-14-16(2)18-12-10-17(11-13-18)15-21-19-8-6-4-5-7-9-19/h10-13,16,19-20H,3-9,14-15H2,1-2H3. The van der Waals surface area contributed by atoms with E-state index < -0.39 is 0 Å². The van der Waals surface area contributed by atoms with Crippen molar-refractivity contribution in [3.05, 3.63) is 35.4 Å². The lowest BCUT2D eigenvalue weighted by Gasteiger charge is -2.16. The van der Waals surface area contributed by atoms with Crippen molar-refractivity contribution in [2.45, 2.75) is 71.0 Å². The topological polar surface area (TPSA) is 21.3 Å². The minimum Gasteiger partial charge on any atom is -0.374 e. The van der Waals surface area contributed by atoms with Gasteiger partial charge < -0.3 is 10.1 Å². The highest BCUT2D eigenvalue weighted by atomic mass is 16.5. The maximum atomic E-state index is 6.10. The maximum absolute atomic E-state index is 6.10. The van der Waals surface area contributed by atoms with Gasteiger partial charge in [0.15, 0.2) is 0 Å². The minimum atomic E-state index is 0.486. The molecule has 1 fully saturated rings. The predicted molar refractivity (Wildman–Crippen MR) is 89.7 cm³/mol. The van der Waals surface area contributed by atoms with Crippen LogP contribution in [0.2, 0.25) is 0 Å². The van der Waals surface area contributed by atoms with Gasteiger partial charge in [-0.15, -0.1) is 0 Å². The molecular formula is C19H31NO. The number of hydrogen-bond donors (Lipinski definition) is 1. The number of benzene rings is 1. The second-order valence-corrected chi connectivity index (χ2v) is 6.37. The third-order valence-corrected chi connectivity index (χ3v) is 4.54. The van der Waals surface area contributed by atoms with E-state index in [4.69, 9.17) is 4.74 Å². The van der Waals surface area contributed by atoms with Crippen molar-refractivity contribution in [3.8, 4) is 0 Å². The first-order valence-corrected chi connectivity index (χ1v) is 8.70. The van der Waals surface area contributed by atoms with Gasteiger partial charge in [-0.3, -0.25) is 0 Å². The molecule has 1 unspecified atom stereocenters. The zero-order valence-electron chi connectivity index (χ0n) is 13.7. The molecule has 2 rings (SSSR count). The van der Waals surface area contributed by atoms with Crippen molar-refractivity contribution >= 4 is 0 Å². The van der Waals surface area contributed by atoms with Crippen LogP contribution in [0.1, 0.15) is 69.4 Å². The van der Waals surface area contributed by atoms with Crippen LogP contribution in [0.5, 0.6) is 0 Å². The van der Waals surface area contributed by atoms with Crippen LogP contribution < -0.4 is 5.32 Å². The van der Waals surface area contributed by atoms with Gasteiger partial charge in [-0.2, -0.15) is 0 Å². The summed E-state index contributed by atoms with van der Waals surface area (Å²) in [5.41, 5.74) is 2.72. The molecule has 0 radical (unpaired) electrons. The summed E-state index contributed by atoms with van der Waals surface area (Å²) in [6.07, 6.45) is 8.43. The molecule has 1 atom stereocenters. The lowest BCUT2D eigenvalue weighted by molar-refractivity contribution is 0.0310. The van der Waals surface area contributed by atoms with E-state index in [0.29, 0.717) is 12.0 Å². The first kappa shape index (κ1) is 16.5. The smallest absolute Gasteiger partial charge is 0.0720 e. The summed E-state index contributed by atoms with van der Waals surface area (Å²) < 4.78 is 6.10. The minimum absolute atomic E-state index is 0.486. The molecule has 118 valence electrons. The second kappa shape index (κ2) is 9.22. The summed E-state index contributed by atoms with van der Waals surface area (Å²) in [7, 11) is 0. The van der Waals surface area contributed by atoms with Gasteiger partial charge in [0, 0.05) is 6.54 Å². The van der Waals surface area contributed by atoms with Gasteiger partial charge in [-0.1, -0.05) is 63.8 Å². The molecule has 1 aliphatic rings. The zero-order valence-corrected chi connectivity index (χ0v) is 13.7. The molecule has 0 aliphatic heterocycles. The molecule has 1 aromatic rings. The first-order chi connectivity index (χ1) is 10.3. The fourth-order valence-corrected chi connectivity index (χ4v) is 3.04. The molecule has 1 aliphatic carbocycles. The largest absolute Gasteiger partial charge is 0.374 e. The average Bonchev–Trinajstić information content (AvgIpc) is 2.80. The Balaban J connectivity index is 1.78. The zero-order chi connectivity index (χ0) is 14.9. The van der Waals surface area contributed by atoms with Crippen LogP contribution in [-0.4, -0.2) is 19.2 Å². The molecule has 0 heterocycles. The number of ether oxygens (including phenoxy) is 1. The Labute approximate surface area is 130 Å². The summed E-state index contributed by atoms with van der Waals surface area (Å²) in [6.45, 7) is 7.29. The molecule has 0 aromatic heterocycles. The van der Waals surface area contributed by atoms with Gasteiger partial charge >= 0.3 is 0 Å². The van der Waals surface area contributed by atoms with Gasteiger partial charge in [-0.25, -0.2) is 0 Å². The second-order valence-electron chi connectivity index (χ2n) is 6.37. The first-order valence-electron chi connectivity index (χ1n) is 8.70. The van der Waals surface area contributed by atoms with Crippen molar-refractivity contribution in [1.82, 2.24) is 5.32 Å². The molecular weight excluding hydrogens is 258 g/mol. The highest BCUT2D eigenvalue weighted by Crippen LogP contribution is 2.21. The van der Waals surface area contributed by atoms with Crippen molar-refractivity contribution in [2.75, 3.05) is 13.1 Å². The van der Waals surface area contributed by atoms with E-state index in [0.717, 1.165) is 19.7 Å². The summed E-state index contributed by atoms with van der Waals surface area (Å²) in [5, 5.41) is 3.41. The molecule has 2 nitrogen and oxygen atoms in total. The third-order valence-electron chi connectivity index (χ3n) is 4.54. The highest BCUT2D eigenvalue weighted by molar-refractivity contribution is 5.24. The van der Waals surface area contributed by atoms with Crippen LogP contribution in [0.25, 0.3) is 0 Å². The Morgan fingerprint density at radius 2 is 1.76 bits per heavy atom. The lowest BCUT2D eigenvalue weighted by Crippen LogP contribution is -2.19. The van der Waals surface area contributed by atoms with E-state index in [9.17, 15) is 0 Å². The number of nitrogens with one attached hydrogen (secondary N) is 1. The van der Waals surface area contributed by atoms with Crippen LogP contribution in [0.15, 0.2) is 24.3 Å². The van der Waals surface area contributed by atoms with Crippen molar-refractivity contribution in [2.24, 2.45) is 0 Å². The van der Waals surface area contributed by atoms with Crippen LogP contribution in [-0.2, 0) is 11.3 Å². The van der Waals surface area contributed by atoms with Gasteiger partial charge in [0.1, 0.15) is 0 Å². The summed E-state index contributed by atoms with van der Waals surface area (Å²) in [6, 6.07) is 8.98.